The van der Waals surface area contributed by atoms with Gasteiger partial charge in [-0.1, -0.05) is 0 Å². The molecule has 1 unspecified atom stereocenters. The molecule has 1 N–H and O–H groups in total. The molecule has 2 nitrogen and oxygen atoms in total. The lowest BCUT2D eigenvalue weighted by molar-refractivity contribution is -0.220. The fraction of sp³-hybridized carbons (Fsp3) is 0.800. The first-order valence-electron chi connectivity index (χ1n) is 2.83. The summed E-state index contributed by atoms with van der Waals surface area (Å²) in [7, 11) is 0. The van der Waals surface area contributed by atoms with Crippen LogP contribution in [-0.2, 0) is 4.79 Å². The molecule has 0 amide bonds. The van der Waals surface area contributed by atoms with Gasteiger partial charge in [-0.05, 0) is 0 Å². The number of carboxylic acids is 1. The van der Waals surface area contributed by atoms with Crippen LogP contribution in [-0.4, -0.2) is 23.2 Å². The van der Waals surface area contributed by atoms with Crippen molar-refractivity contribution in [3.05, 3.63) is 0 Å². The molecule has 0 spiro atoms. The quantitative estimate of drug-likeness (QED) is 0.638. The Morgan fingerprint density at radius 2 is 1.67 bits per heavy atom. The molecule has 12 heavy (non-hydrogen) atoms. The van der Waals surface area contributed by atoms with Crippen LogP contribution in [0, 0.1) is 5.41 Å². The molecule has 1 aliphatic rings. The van der Waals surface area contributed by atoms with Crippen molar-refractivity contribution >= 4 is 5.97 Å². The molecule has 0 heterocycles. The second-order valence-electron chi connectivity index (χ2n) is 2.59. The number of halogens is 5. The maximum Gasteiger partial charge on any atom is 0.411 e. The first kappa shape index (κ1) is 9.21. The molecule has 0 radical (unpaired) electrons. The van der Waals surface area contributed by atoms with Gasteiger partial charge in [-0.2, -0.15) is 13.2 Å². The molecule has 1 fully saturated rings. The first-order chi connectivity index (χ1) is 5.15. The number of carbonyl (C=O) groups is 1. The van der Waals surface area contributed by atoms with Crippen molar-refractivity contribution in [3.63, 3.8) is 0 Å². The van der Waals surface area contributed by atoms with Gasteiger partial charge in [0, 0.05) is 6.42 Å². The Hall–Kier alpha value is -0.880. The lowest BCUT2D eigenvalue weighted by Gasteiger charge is -2.14. The first-order valence-corrected chi connectivity index (χ1v) is 2.83. The summed E-state index contributed by atoms with van der Waals surface area (Å²) in [6.45, 7) is 0. The van der Waals surface area contributed by atoms with Crippen molar-refractivity contribution in [2.24, 2.45) is 5.41 Å². The molecule has 7 heteroatoms. The van der Waals surface area contributed by atoms with Gasteiger partial charge in [-0.3, -0.25) is 4.79 Å². The van der Waals surface area contributed by atoms with Gasteiger partial charge in [0.2, 0.25) is 5.41 Å². The van der Waals surface area contributed by atoms with Gasteiger partial charge in [0.25, 0.3) is 5.92 Å². The second-order valence-corrected chi connectivity index (χ2v) is 2.59. The standard InChI is InChI=1S/C5H3F5O2/c6-4(7)1-3(4,2(11)12)5(8,9)10/h1H2,(H,11,12). The van der Waals surface area contributed by atoms with Crippen molar-refractivity contribution in [3.8, 4) is 0 Å². The molecule has 0 aromatic carbocycles. The van der Waals surface area contributed by atoms with E-state index in [1.54, 1.807) is 0 Å². The highest BCUT2D eigenvalue weighted by Gasteiger charge is 2.88. The Balaban J connectivity index is 3.03. The van der Waals surface area contributed by atoms with E-state index in [1.807, 2.05) is 0 Å². The summed E-state index contributed by atoms with van der Waals surface area (Å²) in [5.41, 5.74) is -3.83. The van der Waals surface area contributed by atoms with Crippen molar-refractivity contribution in [1.29, 1.82) is 0 Å². The minimum Gasteiger partial charge on any atom is -0.480 e. The average Bonchev–Trinajstić information content (AvgIpc) is 2.33. The third kappa shape index (κ3) is 0.818. The molecule has 70 valence electrons. The molecule has 0 saturated heterocycles. The Bertz CT molecular complexity index is 232. The van der Waals surface area contributed by atoms with Gasteiger partial charge in [0.15, 0.2) is 0 Å². The number of hydrogen-bond donors (Lipinski definition) is 1. The topological polar surface area (TPSA) is 37.3 Å². The fourth-order valence-electron chi connectivity index (χ4n) is 0.950. The van der Waals surface area contributed by atoms with Crippen LogP contribution in [0.3, 0.4) is 0 Å². The van der Waals surface area contributed by atoms with Crippen LogP contribution in [0.4, 0.5) is 22.0 Å². The molecule has 1 aliphatic carbocycles. The molecule has 1 atom stereocenters. The summed E-state index contributed by atoms with van der Waals surface area (Å²) in [5.74, 6) is -6.67. The molecule has 0 aromatic heterocycles. The van der Waals surface area contributed by atoms with Crippen molar-refractivity contribution in [1.82, 2.24) is 0 Å². The number of rotatable bonds is 1. The Labute approximate surface area is 63.0 Å². The Morgan fingerprint density at radius 3 is 1.67 bits per heavy atom. The molecular formula is C5H3F5O2. The fourth-order valence-corrected chi connectivity index (χ4v) is 0.950. The number of alkyl halides is 5. The van der Waals surface area contributed by atoms with Gasteiger partial charge in [0.1, 0.15) is 0 Å². The van der Waals surface area contributed by atoms with Crippen LogP contribution < -0.4 is 0 Å². The highest BCUT2D eigenvalue weighted by Crippen LogP contribution is 2.68. The Morgan fingerprint density at radius 1 is 1.33 bits per heavy atom. The summed E-state index contributed by atoms with van der Waals surface area (Å²) in [6, 6.07) is 0. The van der Waals surface area contributed by atoms with Gasteiger partial charge in [-0.15, -0.1) is 0 Å². The van der Waals surface area contributed by atoms with Crippen LogP contribution in [0.25, 0.3) is 0 Å². The Kier molecular flexibility index (Phi) is 1.45. The SMILES string of the molecule is O=C(O)C1(C(F)(F)F)CC1(F)F. The average molecular weight is 190 g/mol. The van der Waals surface area contributed by atoms with E-state index in [0.717, 1.165) is 0 Å². The molecule has 0 aromatic rings. The number of hydrogen-bond acceptors (Lipinski definition) is 1. The van der Waals surface area contributed by atoms with Crippen molar-refractivity contribution in [2.75, 3.05) is 0 Å². The van der Waals surface area contributed by atoms with Crippen LogP contribution in [0.15, 0.2) is 0 Å². The van der Waals surface area contributed by atoms with E-state index in [4.69, 9.17) is 5.11 Å². The molecule has 0 bridgehead atoms. The normalized spacial score (nSPS) is 33.1. The van der Waals surface area contributed by atoms with E-state index in [9.17, 15) is 26.7 Å². The monoisotopic (exact) mass is 190 g/mol. The maximum atomic E-state index is 12.1. The zero-order chi connectivity index (χ0) is 9.78. The van der Waals surface area contributed by atoms with Gasteiger partial charge < -0.3 is 5.11 Å². The summed E-state index contributed by atoms with van der Waals surface area (Å²) >= 11 is 0. The lowest BCUT2D eigenvalue weighted by Crippen LogP contribution is -2.37. The molecule has 1 rings (SSSR count). The van der Waals surface area contributed by atoms with E-state index in [0.29, 0.717) is 0 Å². The predicted octanol–water partition coefficient (Wildman–Crippen LogP) is 1.66. The molecular weight excluding hydrogens is 187 g/mol. The predicted molar refractivity (Wildman–Crippen MR) is 25.7 cm³/mol. The number of carboxylic acid groups (broad SMARTS) is 1. The van der Waals surface area contributed by atoms with Gasteiger partial charge in [-0.25, -0.2) is 8.78 Å². The smallest absolute Gasteiger partial charge is 0.411 e. The third-order valence-electron chi connectivity index (χ3n) is 1.84. The third-order valence-corrected chi connectivity index (χ3v) is 1.84. The van der Waals surface area contributed by atoms with E-state index < -0.39 is 29.9 Å². The lowest BCUT2D eigenvalue weighted by atomic mass is 10.1. The summed E-state index contributed by atoms with van der Waals surface area (Å²) in [5, 5.41) is 7.98. The van der Waals surface area contributed by atoms with Gasteiger partial charge >= 0.3 is 12.1 Å². The summed E-state index contributed by atoms with van der Waals surface area (Å²) < 4.78 is 59.5. The highest BCUT2D eigenvalue weighted by molar-refractivity contribution is 5.81. The maximum absolute atomic E-state index is 12.1. The van der Waals surface area contributed by atoms with E-state index in [-0.39, 0.29) is 0 Å². The molecule has 1 saturated carbocycles. The van der Waals surface area contributed by atoms with Crippen molar-refractivity contribution in [2.45, 2.75) is 18.5 Å². The van der Waals surface area contributed by atoms with Crippen LogP contribution in [0.1, 0.15) is 6.42 Å². The summed E-state index contributed by atoms with van der Waals surface area (Å²) in [6.07, 6.45) is -7.04. The van der Waals surface area contributed by atoms with Crippen LogP contribution >= 0.6 is 0 Å². The minimum atomic E-state index is -5.39. The zero-order valence-corrected chi connectivity index (χ0v) is 5.45. The highest BCUT2D eigenvalue weighted by atomic mass is 19.4. The number of aliphatic carboxylic acids is 1. The zero-order valence-electron chi connectivity index (χ0n) is 5.45. The summed E-state index contributed by atoms with van der Waals surface area (Å²) in [4.78, 5) is 9.95. The van der Waals surface area contributed by atoms with Crippen LogP contribution in [0.5, 0.6) is 0 Å². The minimum absolute atomic E-state index is 1.65. The van der Waals surface area contributed by atoms with E-state index in [2.05, 4.69) is 0 Å². The second kappa shape index (κ2) is 1.89. The van der Waals surface area contributed by atoms with Gasteiger partial charge in [0.05, 0.1) is 0 Å². The van der Waals surface area contributed by atoms with E-state index in [1.165, 1.54) is 0 Å². The van der Waals surface area contributed by atoms with E-state index >= 15 is 0 Å². The van der Waals surface area contributed by atoms with Crippen LogP contribution in [0.2, 0.25) is 0 Å². The molecule has 0 aliphatic heterocycles. The largest absolute Gasteiger partial charge is 0.480 e. The van der Waals surface area contributed by atoms with Crippen molar-refractivity contribution < 1.29 is 31.9 Å².